The fraction of sp³-hybridized carbons (Fsp3) is 0.500. The van der Waals surface area contributed by atoms with Crippen molar-refractivity contribution in [3.8, 4) is 0 Å². The number of benzene rings is 1. The van der Waals surface area contributed by atoms with Crippen molar-refractivity contribution in [1.82, 2.24) is 15.1 Å². The molecular formula is C16H22FN3O2. The van der Waals surface area contributed by atoms with E-state index in [0.29, 0.717) is 26.2 Å². The van der Waals surface area contributed by atoms with E-state index < -0.39 is 5.54 Å². The first-order chi connectivity index (χ1) is 10.3. The molecular weight excluding hydrogens is 285 g/mol. The molecule has 3 amide bonds. The van der Waals surface area contributed by atoms with E-state index in [0.717, 1.165) is 5.56 Å². The standard InChI is InChI=1S/C16H22FN3O2/c1-12(21)19-8-10-20(11-9-19)15(22)18-16(2,3)13-4-6-14(17)7-5-13/h4-7H,8-11H2,1-3H3,(H,18,22). The summed E-state index contributed by atoms with van der Waals surface area (Å²) in [6.07, 6.45) is 0. The maximum Gasteiger partial charge on any atom is 0.318 e. The van der Waals surface area contributed by atoms with Gasteiger partial charge in [0.05, 0.1) is 5.54 Å². The van der Waals surface area contributed by atoms with Crippen LogP contribution in [0.2, 0.25) is 0 Å². The van der Waals surface area contributed by atoms with Crippen LogP contribution in [0.3, 0.4) is 0 Å². The van der Waals surface area contributed by atoms with Crippen molar-refractivity contribution in [1.29, 1.82) is 0 Å². The van der Waals surface area contributed by atoms with Gasteiger partial charge in [0.25, 0.3) is 0 Å². The minimum Gasteiger partial charge on any atom is -0.339 e. The average Bonchev–Trinajstić information content (AvgIpc) is 2.47. The summed E-state index contributed by atoms with van der Waals surface area (Å²) in [5, 5.41) is 2.97. The molecule has 0 spiro atoms. The molecule has 1 heterocycles. The molecule has 0 bridgehead atoms. The highest BCUT2D eigenvalue weighted by molar-refractivity contribution is 5.76. The lowest BCUT2D eigenvalue weighted by Gasteiger charge is -2.36. The van der Waals surface area contributed by atoms with Crippen molar-refractivity contribution in [2.75, 3.05) is 26.2 Å². The zero-order valence-electron chi connectivity index (χ0n) is 13.2. The molecule has 1 saturated heterocycles. The minimum absolute atomic E-state index is 0.0340. The van der Waals surface area contributed by atoms with Gasteiger partial charge in [-0.1, -0.05) is 12.1 Å². The predicted molar refractivity (Wildman–Crippen MR) is 81.8 cm³/mol. The van der Waals surface area contributed by atoms with Crippen LogP contribution in [0.25, 0.3) is 0 Å². The van der Waals surface area contributed by atoms with E-state index in [2.05, 4.69) is 5.32 Å². The van der Waals surface area contributed by atoms with E-state index in [1.807, 2.05) is 13.8 Å². The van der Waals surface area contributed by atoms with Crippen molar-refractivity contribution in [2.45, 2.75) is 26.3 Å². The summed E-state index contributed by atoms with van der Waals surface area (Å²) < 4.78 is 13.0. The Hall–Kier alpha value is -2.11. The highest BCUT2D eigenvalue weighted by Gasteiger charge is 2.28. The average molecular weight is 307 g/mol. The molecule has 6 heteroatoms. The molecule has 0 atom stereocenters. The molecule has 120 valence electrons. The molecule has 0 saturated carbocycles. The van der Waals surface area contributed by atoms with Crippen LogP contribution in [0.1, 0.15) is 26.3 Å². The number of urea groups is 1. The van der Waals surface area contributed by atoms with E-state index >= 15 is 0 Å². The summed E-state index contributed by atoms with van der Waals surface area (Å²) in [5.74, 6) is -0.266. The van der Waals surface area contributed by atoms with Gasteiger partial charge in [-0.15, -0.1) is 0 Å². The number of rotatable bonds is 2. The Kier molecular flexibility index (Phi) is 4.68. The molecule has 2 rings (SSSR count). The number of carbonyl (C=O) groups excluding carboxylic acids is 2. The van der Waals surface area contributed by atoms with E-state index in [-0.39, 0.29) is 17.8 Å². The fourth-order valence-corrected chi connectivity index (χ4v) is 2.51. The van der Waals surface area contributed by atoms with E-state index in [9.17, 15) is 14.0 Å². The third-order valence-corrected chi connectivity index (χ3v) is 4.00. The Morgan fingerprint density at radius 2 is 1.55 bits per heavy atom. The van der Waals surface area contributed by atoms with Gasteiger partial charge in [0.15, 0.2) is 0 Å². The molecule has 22 heavy (non-hydrogen) atoms. The number of hydrogen-bond donors (Lipinski definition) is 1. The molecule has 1 aromatic carbocycles. The van der Waals surface area contributed by atoms with E-state index in [1.54, 1.807) is 21.9 Å². The van der Waals surface area contributed by atoms with Crippen molar-refractivity contribution in [3.05, 3.63) is 35.6 Å². The Labute approximate surface area is 130 Å². The van der Waals surface area contributed by atoms with Gasteiger partial charge in [-0.25, -0.2) is 9.18 Å². The molecule has 5 nitrogen and oxygen atoms in total. The largest absolute Gasteiger partial charge is 0.339 e. The summed E-state index contributed by atoms with van der Waals surface area (Å²) in [4.78, 5) is 27.1. The van der Waals surface area contributed by atoms with Gasteiger partial charge in [0.1, 0.15) is 5.82 Å². The Balaban J connectivity index is 1.96. The van der Waals surface area contributed by atoms with Gasteiger partial charge >= 0.3 is 6.03 Å². The van der Waals surface area contributed by atoms with Crippen LogP contribution in [0.5, 0.6) is 0 Å². The van der Waals surface area contributed by atoms with Crippen LogP contribution in [0.15, 0.2) is 24.3 Å². The van der Waals surface area contributed by atoms with Gasteiger partial charge in [0.2, 0.25) is 5.91 Å². The van der Waals surface area contributed by atoms with Crippen LogP contribution in [0, 0.1) is 5.82 Å². The zero-order valence-corrected chi connectivity index (χ0v) is 13.2. The molecule has 1 fully saturated rings. The second-order valence-electron chi connectivity index (χ2n) is 6.06. The summed E-state index contributed by atoms with van der Waals surface area (Å²) in [7, 11) is 0. The maximum absolute atomic E-state index is 13.0. The first-order valence-corrected chi connectivity index (χ1v) is 7.38. The number of hydrogen-bond acceptors (Lipinski definition) is 2. The molecule has 0 unspecified atom stereocenters. The van der Waals surface area contributed by atoms with E-state index in [4.69, 9.17) is 0 Å². The van der Waals surface area contributed by atoms with Crippen LogP contribution in [0.4, 0.5) is 9.18 Å². The Morgan fingerprint density at radius 3 is 2.05 bits per heavy atom. The lowest BCUT2D eigenvalue weighted by atomic mass is 9.94. The number of piperazine rings is 1. The van der Waals surface area contributed by atoms with Crippen molar-refractivity contribution >= 4 is 11.9 Å². The predicted octanol–water partition coefficient (Wildman–Crippen LogP) is 1.93. The van der Waals surface area contributed by atoms with Gasteiger partial charge in [-0.3, -0.25) is 4.79 Å². The second kappa shape index (κ2) is 6.34. The van der Waals surface area contributed by atoms with Gasteiger partial charge in [-0.2, -0.15) is 0 Å². The first kappa shape index (κ1) is 16.3. The monoisotopic (exact) mass is 307 g/mol. The van der Waals surface area contributed by atoms with Crippen molar-refractivity contribution in [2.24, 2.45) is 0 Å². The van der Waals surface area contributed by atoms with Gasteiger partial charge < -0.3 is 15.1 Å². The lowest BCUT2D eigenvalue weighted by Crippen LogP contribution is -2.55. The number of carbonyl (C=O) groups is 2. The van der Waals surface area contributed by atoms with Gasteiger partial charge in [0, 0.05) is 33.1 Å². The van der Waals surface area contributed by atoms with Gasteiger partial charge in [-0.05, 0) is 31.5 Å². The molecule has 0 radical (unpaired) electrons. The topological polar surface area (TPSA) is 52.7 Å². The Bertz CT molecular complexity index is 549. The highest BCUT2D eigenvalue weighted by Crippen LogP contribution is 2.20. The quantitative estimate of drug-likeness (QED) is 0.908. The second-order valence-corrected chi connectivity index (χ2v) is 6.06. The number of amides is 3. The van der Waals surface area contributed by atoms with Crippen molar-refractivity contribution < 1.29 is 14.0 Å². The third-order valence-electron chi connectivity index (χ3n) is 4.00. The molecule has 1 aliphatic heterocycles. The summed E-state index contributed by atoms with van der Waals surface area (Å²) in [6, 6.07) is 5.94. The summed E-state index contributed by atoms with van der Waals surface area (Å²) in [6.45, 7) is 7.44. The van der Waals surface area contributed by atoms with Crippen LogP contribution < -0.4 is 5.32 Å². The summed E-state index contributed by atoms with van der Waals surface area (Å²) in [5.41, 5.74) is 0.243. The molecule has 0 aliphatic carbocycles. The smallest absolute Gasteiger partial charge is 0.318 e. The van der Waals surface area contributed by atoms with Crippen molar-refractivity contribution in [3.63, 3.8) is 0 Å². The molecule has 1 N–H and O–H groups in total. The number of nitrogens with zero attached hydrogens (tertiary/aromatic N) is 2. The summed E-state index contributed by atoms with van der Waals surface area (Å²) >= 11 is 0. The Morgan fingerprint density at radius 1 is 1.05 bits per heavy atom. The zero-order chi connectivity index (χ0) is 16.3. The normalized spacial score (nSPS) is 15.6. The molecule has 1 aliphatic rings. The van der Waals surface area contributed by atoms with Crippen LogP contribution in [-0.4, -0.2) is 47.9 Å². The first-order valence-electron chi connectivity index (χ1n) is 7.38. The maximum atomic E-state index is 13.0. The number of nitrogens with one attached hydrogen (secondary N) is 1. The van der Waals surface area contributed by atoms with Crippen LogP contribution in [-0.2, 0) is 10.3 Å². The fourth-order valence-electron chi connectivity index (χ4n) is 2.51. The third kappa shape index (κ3) is 3.75. The number of halogens is 1. The van der Waals surface area contributed by atoms with Crippen LogP contribution >= 0.6 is 0 Å². The minimum atomic E-state index is -0.595. The highest BCUT2D eigenvalue weighted by atomic mass is 19.1. The molecule has 1 aromatic rings. The SMILES string of the molecule is CC(=O)N1CCN(C(=O)NC(C)(C)c2ccc(F)cc2)CC1. The van der Waals surface area contributed by atoms with E-state index in [1.165, 1.54) is 19.1 Å². The lowest BCUT2D eigenvalue weighted by molar-refractivity contribution is -0.130. The molecule has 0 aromatic heterocycles.